The molecule has 0 unspecified atom stereocenters. The number of amides is 3. The Balaban J connectivity index is 1.81. The van der Waals surface area contributed by atoms with Gasteiger partial charge in [-0.2, -0.15) is 0 Å². The van der Waals surface area contributed by atoms with E-state index in [4.69, 9.17) is 11.6 Å². The molecule has 0 saturated heterocycles. The van der Waals surface area contributed by atoms with E-state index in [-0.39, 0.29) is 5.91 Å². The number of carbonyl (C=O) groups is 2. The Labute approximate surface area is 213 Å². The maximum atomic E-state index is 13.8. The molecular weight excluding hydrogens is 460 g/mol. The Bertz CT molecular complexity index is 1090. The molecule has 0 radical (unpaired) electrons. The number of benzene rings is 2. The van der Waals surface area contributed by atoms with Crippen molar-refractivity contribution < 1.29 is 9.59 Å². The molecule has 7 heteroatoms. The average Bonchev–Trinajstić information content (AvgIpc) is 3.25. The summed E-state index contributed by atoms with van der Waals surface area (Å²) >= 11 is 6.06. The van der Waals surface area contributed by atoms with Gasteiger partial charge in [-0.25, -0.2) is 4.79 Å². The molecule has 0 aliphatic rings. The van der Waals surface area contributed by atoms with E-state index in [0.29, 0.717) is 30.2 Å². The molecule has 6 nitrogen and oxygen atoms in total. The van der Waals surface area contributed by atoms with Crippen LogP contribution in [-0.2, 0) is 11.2 Å². The highest BCUT2D eigenvalue weighted by Gasteiger charge is 2.27. The van der Waals surface area contributed by atoms with Gasteiger partial charge in [-0.1, -0.05) is 75.4 Å². The second-order valence-electron chi connectivity index (χ2n) is 8.96. The number of anilines is 1. The Hall–Kier alpha value is -2.99. The minimum Gasteiger partial charge on any atom is -0.361 e. The normalized spacial score (nSPS) is 11.9. The zero-order valence-electron chi connectivity index (χ0n) is 20.8. The van der Waals surface area contributed by atoms with Crippen molar-refractivity contribution in [2.24, 2.45) is 0 Å². The van der Waals surface area contributed by atoms with Crippen LogP contribution in [0.5, 0.6) is 0 Å². The first-order chi connectivity index (χ1) is 17.0. The number of hydrogen-bond acceptors (Lipinski definition) is 2. The van der Waals surface area contributed by atoms with Gasteiger partial charge in [-0.3, -0.25) is 4.79 Å². The van der Waals surface area contributed by atoms with E-state index in [1.54, 1.807) is 24.3 Å². The first-order valence-corrected chi connectivity index (χ1v) is 13.1. The lowest BCUT2D eigenvalue weighted by Crippen LogP contribution is -2.51. The number of rotatable bonds is 13. The molecule has 0 fully saturated rings. The second kappa shape index (κ2) is 13.8. The molecule has 0 aliphatic heterocycles. The van der Waals surface area contributed by atoms with E-state index in [9.17, 15) is 9.59 Å². The van der Waals surface area contributed by atoms with Crippen LogP contribution in [0.15, 0.2) is 54.7 Å². The number of hydrogen-bond donors (Lipinski definition) is 3. The van der Waals surface area contributed by atoms with Crippen LogP contribution in [0.25, 0.3) is 10.9 Å². The van der Waals surface area contributed by atoms with Gasteiger partial charge in [-0.15, -0.1) is 0 Å². The van der Waals surface area contributed by atoms with Gasteiger partial charge in [0.05, 0.1) is 0 Å². The van der Waals surface area contributed by atoms with Gasteiger partial charge >= 0.3 is 6.03 Å². The van der Waals surface area contributed by atoms with Crippen molar-refractivity contribution in [1.82, 2.24) is 15.2 Å². The highest BCUT2D eigenvalue weighted by molar-refractivity contribution is 6.30. The Morgan fingerprint density at radius 3 is 2.37 bits per heavy atom. The van der Waals surface area contributed by atoms with Gasteiger partial charge in [0.25, 0.3) is 0 Å². The molecule has 0 saturated carbocycles. The summed E-state index contributed by atoms with van der Waals surface area (Å²) in [5.74, 6) is -0.0382. The molecule has 0 aliphatic carbocycles. The predicted octanol–water partition coefficient (Wildman–Crippen LogP) is 6.76. The van der Waals surface area contributed by atoms with Crippen molar-refractivity contribution in [3.8, 4) is 0 Å². The van der Waals surface area contributed by atoms with Crippen LogP contribution in [0.4, 0.5) is 10.5 Å². The van der Waals surface area contributed by atoms with Crippen LogP contribution in [0.2, 0.25) is 5.02 Å². The number of nitrogens with zero attached hydrogens (tertiary/aromatic N) is 1. The third-order valence-electron chi connectivity index (χ3n) is 6.16. The molecule has 1 aromatic heterocycles. The first kappa shape index (κ1) is 26.6. The number of H-pyrrole nitrogens is 1. The van der Waals surface area contributed by atoms with Gasteiger partial charge in [0.1, 0.15) is 6.04 Å². The lowest BCUT2D eigenvalue weighted by atomic mass is 10.0. The highest BCUT2D eigenvalue weighted by atomic mass is 35.5. The third kappa shape index (κ3) is 8.03. The molecule has 3 N–H and O–H groups in total. The van der Waals surface area contributed by atoms with Crippen molar-refractivity contribution in [3.63, 3.8) is 0 Å². The SMILES string of the molecule is CCCCCN(CCCCC)C(=O)[C@H](Cc1c[nH]c2ccccc12)NC(=O)Nc1cccc(Cl)c1. The summed E-state index contributed by atoms with van der Waals surface area (Å²) in [6.45, 7) is 5.73. The third-order valence-corrected chi connectivity index (χ3v) is 6.39. The maximum Gasteiger partial charge on any atom is 0.319 e. The molecule has 1 heterocycles. The fourth-order valence-electron chi connectivity index (χ4n) is 4.27. The van der Waals surface area contributed by atoms with E-state index < -0.39 is 12.1 Å². The number of nitrogens with one attached hydrogen (secondary N) is 3. The largest absolute Gasteiger partial charge is 0.361 e. The van der Waals surface area contributed by atoms with Gasteiger partial charge in [0.2, 0.25) is 5.91 Å². The molecule has 3 aromatic rings. The first-order valence-electron chi connectivity index (χ1n) is 12.7. The number of fused-ring (bicyclic) bond motifs is 1. The van der Waals surface area contributed by atoms with Crippen LogP contribution in [-0.4, -0.2) is 41.0 Å². The summed E-state index contributed by atoms with van der Waals surface area (Å²) in [7, 11) is 0. The van der Waals surface area contributed by atoms with Crippen LogP contribution in [0.1, 0.15) is 57.9 Å². The van der Waals surface area contributed by atoms with Crippen LogP contribution < -0.4 is 10.6 Å². The van der Waals surface area contributed by atoms with Crippen LogP contribution >= 0.6 is 11.6 Å². The van der Waals surface area contributed by atoms with Crippen molar-refractivity contribution in [2.45, 2.75) is 64.8 Å². The summed E-state index contributed by atoms with van der Waals surface area (Å²) in [6, 6.07) is 13.9. The molecule has 3 amide bonds. The molecular formula is C28H37ClN4O2. The Morgan fingerprint density at radius 1 is 0.971 bits per heavy atom. The highest BCUT2D eigenvalue weighted by Crippen LogP contribution is 2.20. The van der Waals surface area contributed by atoms with E-state index in [0.717, 1.165) is 55.0 Å². The Morgan fingerprint density at radius 2 is 1.69 bits per heavy atom. The smallest absolute Gasteiger partial charge is 0.319 e. The standard InChI is InChI=1S/C28H37ClN4O2/c1-3-5-9-16-33(17-10-6-4-2)27(34)26(18-21-20-30-25-15-8-7-14-24(21)25)32-28(35)31-23-13-11-12-22(29)19-23/h7-8,11-15,19-20,26,30H,3-6,9-10,16-18H2,1-2H3,(H2,31,32,35)/t26-/m0/s1. The topological polar surface area (TPSA) is 77.2 Å². The number of urea groups is 1. The minimum absolute atomic E-state index is 0.0382. The molecule has 188 valence electrons. The van der Waals surface area contributed by atoms with Gasteiger partial charge in [-0.05, 0) is 42.7 Å². The Kier molecular flexibility index (Phi) is 10.5. The average molecular weight is 497 g/mol. The lowest BCUT2D eigenvalue weighted by Gasteiger charge is -2.28. The molecule has 1 atom stereocenters. The summed E-state index contributed by atoms with van der Waals surface area (Å²) < 4.78 is 0. The number of para-hydroxylation sites is 1. The second-order valence-corrected chi connectivity index (χ2v) is 9.40. The van der Waals surface area contributed by atoms with Gasteiger partial charge in [0.15, 0.2) is 0 Å². The minimum atomic E-state index is -0.684. The fraction of sp³-hybridized carbons (Fsp3) is 0.429. The number of aromatic amines is 1. The number of halogens is 1. The molecule has 35 heavy (non-hydrogen) atoms. The molecule has 2 aromatic carbocycles. The fourth-order valence-corrected chi connectivity index (χ4v) is 4.46. The maximum absolute atomic E-state index is 13.8. The molecule has 0 spiro atoms. The predicted molar refractivity (Wildman–Crippen MR) is 145 cm³/mol. The molecule has 0 bridgehead atoms. The summed E-state index contributed by atoms with van der Waals surface area (Å²) in [5, 5.41) is 7.36. The number of unbranched alkanes of at least 4 members (excludes halogenated alkanes) is 4. The number of aromatic nitrogens is 1. The van der Waals surface area contributed by atoms with Gasteiger partial charge < -0.3 is 20.5 Å². The van der Waals surface area contributed by atoms with Crippen molar-refractivity contribution in [1.29, 1.82) is 0 Å². The van der Waals surface area contributed by atoms with E-state index >= 15 is 0 Å². The summed E-state index contributed by atoms with van der Waals surface area (Å²) in [6.07, 6.45) is 8.60. The van der Waals surface area contributed by atoms with Crippen LogP contribution in [0, 0.1) is 0 Å². The lowest BCUT2D eigenvalue weighted by molar-refractivity contribution is -0.133. The van der Waals surface area contributed by atoms with E-state index in [1.807, 2.05) is 35.4 Å². The zero-order chi connectivity index (χ0) is 25.0. The van der Waals surface area contributed by atoms with Crippen molar-refractivity contribution in [3.05, 3.63) is 65.3 Å². The van der Waals surface area contributed by atoms with Crippen molar-refractivity contribution in [2.75, 3.05) is 18.4 Å². The van der Waals surface area contributed by atoms with E-state index in [2.05, 4.69) is 29.5 Å². The zero-order valence-corrected chi connectivity index (χ0v) is 21.5. The van der Waals surface area contributed by atoms with E-state index in [1.165, 1.54) is 0 Å². The molecule has 3 rings (SSSR count). The number of carbonyl (C=O) groups excluding carboxylic acids is 2. The monoisotopic (exact) mass is 496 g/mol. The summed E-state index contributed by atoms with van der Waals surface area (Å²) in [4.78, 5) is 31.9. The summed E-state index contributed by atoms with van der Waals surface area (Å²) in [5.41, 5.74) is 2.60. The quantitative estimate of drug-likeness (QED) is 0.228. The van der Waals surface area contributed by atoms with Gasteiger partial charge in [0, 0.05) is 47.3 Å². The van der Waals surface area contributed by atoms with Crippen molar-refractivity contribution >= 4 is 40.1 Å². The van der Waals surface area contributed by atoms with Crippen LogP contribution in [0.3, 0.4) is 0 Å².